The third kappa shape index (κ3) is 3.00. The quantitative estimate of drug-likeness (QED) is 0.461. The zero-order valence-corrected chi connectivity index (χ0v) is 12.3. The third-order valence-corrected chi connectivity index (χ3v) is 4.22. The van der Waals surface area contributed by atoms with Crippen LogP contribution >= 0.6 is 11.3 Å². The van der Waals surface area contributed by atoms with Crippen LogP contribution in [0.15, 0.2) is 11.4 Å². The SMILES string of the molecule is CN(CCOCC1CC1)c1nc(NN)nc2sccc12. The van der Waals surface area contributed by atoms with Crippen molar-refractivity contribution in [2.24, 2.45) is 11.8 Å². The molecule has 0 radical (unpaired) electrons. The van der Waals surface area contributed by atoms with E-state index in [0.29, 0.717) is 12.6 Å². The number of hydrogen-bond donors (Lipinski definition) is 2. The fourth-order valence-corrected chi connectivity index (χ4v) is 2.80. The van der Waals surface area contributed by atoms with E-state index in [1.54, 1.807) is 11.3 Å². The summed E-state index contributed by atoms with van der Waals surface area (Å²) < 4.78 is 5.68. The molecule has 0 bridgehead atoms. The van der Waals surface area contributed by atoms with Crippen molar-refractivity contribution in [2.45, 2.75) is 12.8 Å². The van der Waals surface area contributed by atoms with Crippen LogP contribution in [0.4, 0.5) is 11.8 Å². The van der Waals surface area contributed by atoms with Crippen LogP contribution in [0.5, 0.6) is 0 Å². The van der Waals surface area contributed by atoms with Gasteiger partial charge in [0.05, 0.1) is 12.0 Å². The van der Waals surface area contributed by atoms with Crippen molar-refractivity contribution in [3.05, 3.63) is 11.4 Å². The first kappa shape index (κ1) is 13.5. The van der Waals surface area contributed by atoms with Gasteiger partial charge in [-0.2, -0.15) is 4.98 Å². The number of aromatic nitrogens is 2. The number of ether oxygens (including phenoxy) is 1. The molecule has 0 atom stereocenters. The predicted octanol–water partition coefficient (Wildman–Crippen LogP) is 1.84. The van der Waals surface area contributed by atoms with Crippen LogP contribution < -0.4 is 16.2 Å². The van der Waals surface area contributed by atoms with Gasteiger partial charge >= 0.3 is 0 Å². The summed E-state index contributed by atoms with van der Waals surface area (Å²) in [6.07, 6.45) is 2.64. The van der Waals surface area contributed by atoms with Gasteiger partial charge in [-0.05, 0) is 30.2 Å². The standard InChI is InChI=1S/C13H19N5OS/c1-18(5-6-19-8-9-2-3-9)11-10-4-7-20-12(10)16-13(15-11)17-14/h4,7,9H,2-3,5-6,8,14H2,1H3,(H,15,16,17). The molecule has 3 rings (SSSR count). The highest BCUT2D eigenvalue weighted by atomic mass is 32.1. The van der Waals surface area contributed by atoms with Crippen LogP contribution in [0.25, 0.3) is 10.2 Å². The molecule has 0 aliphatic heterocycles. The highest BCUT2D eigenvalue weighted by Gasteiger charge is 2.21. The lowest BCUT2D eigenvalue weighted by Gasteiger charge is -2.19. The van der Waals surface area contributed by atoms with Crippen molar-refractivity contribution in [3.63, 3.8) is 0 Å². The first-order valence-corrected chi connectivity index (χ1v) is 7.66. The molecule has 0 aromatic carbocycles. The van der Waals surface area contributed by atoms with E-state index in [2.05, 4.69) is 20.3 Å². The molecule has 0 saturated heterocycles. The summed E-state index contributed by atoms with van der Waals surface area (Å²) in [5.41, 5.74) is 2.52. The Bertz CT molecular complexity index is 583. The maximum Gasteiger partial charge on any atom is 0.240 e. The van der Waals surface area contributed by atoms with Gasteiger partial charge in [0.25, 0.3) is 0 Å². The van der Waals surface area contributed by atoms with Gasteiger partial charge in [-0.15, -0.1) is 11.3 Å². The highest BCUT2D eigenvalue weighted by molar-refractivity contribution is 7.16. The van der Waals surface area contributed by atoms with Gasteiger partial charge in [0, 0.05) is 20.2 Å². The summed E-state index contributed by atoms with van der Waals surface area (Å²) in [6.45, 7) is 2.41. The molecule has 7 heteroatoms. The Morgan fingerprint density at radius 2 is 2.35 bits per heavy atom. The summed E-state index contributed by atoms with van der Waals surface area (Å²) in [5, 5.41) is 3.07. The van der Waals surface area contributed by atoms with E-state index < -0.39 is 0 Å². The van der Waals surface area contributed by atoms with Crippen LogP contribution in [-0.4, -0.2) is 36.8 Å². The zero-order chi connectivity index (χ0) is 13.9. The minimum atomic E-state index is 0.445. The number of hydrazine groups is 1. The average Bonchev–Trinajstić information content (AvgIpc) is 3.17. The molecule has 1 saturated carbocycles. The molecule has 108 valence electrons. The molecule has 0 amide bonds. The van der Waals surface area contributed by atoms with Gasteiger partial charge in [0.15, 0.2) is 0 Å². The molecule has 0 unspecified atom stereocenters. The smallest absolute Gasteiger partial charge is 0.240 e. The Labute approximate surface area is 121 Å². The number of likely N-dealkylation sites (N-methyl/N-ethyl adjacent to an activating group) is 1. The molecule has 2 heterocycles. The average molecular weight is 293 g/mol. The largest absolute Gasteiger partial charge is 0.379 e. The molecule has 6 nitrogen and oxygen atoms in total. The number of nitrogens with two attached hydrogens (primary N) is 1. The number of anilines is 2. The second-order valence-corrected chi connectivity index (χ2v) is 5.99. The molecule has 3 N–H and O–H groups in total. The summed E-state index contributed by atoms with van der Waals surface area (Å²) in [6, 6.07) is 2.04. The number of nitrogens with one attached hydrogen (secondary N) is 1. The van der Waals surface area contributed by atoms with E-state index in [1.165, 1.54) is 12.8 Å². The molecular formula is C13H19N5OS. The Morgan fingerprint density at radius 1 is 1.50 bits per heavy atom. The van der Waals surface area contributed by atoms with E-state index in [-0.39, 0.29) is 0 Å². The number of nitrogens with zero attached hydrogens (tertiary/aromatic N) is 3. The van der Waals surface area contributed by atoms with Crippen molar-refractivity contribution in [1.82, 2.24) is 9.97 Å². The minimum absolute atomic E-state index is 0.445. The summed E-state index contributed by atoms with van der Waals surface area (Å²) in [7, 11) is 2.01. The van der Waals surface area contributed by atoms with Gasteiger partial charge in [-0.1, -0.05) is 0 Å². The number of rotatable bonds is 7. The third-order valence-electron chi connectivity index (χ3n) is 3.42. The van der Waals surface area contributed by atoms with Gasteiger partial charge < -0.3 is 9.64 Å². The maximum absolute atomic E-state index is 5.68. The van der Waals surface area contributed by atoms with Crippen molar-refractivity contribution >= 4 is 33.3 Å². The normalized spacial score (nSPS) is 14.7. The molecule has 1 aliphatic carbocycles. The first-order chi connectivity index (χ1) is 9.78. The van der Waals surface area contributed by atoms with Crippen molar-refractivity contribution in [3.8, 4) is 0 Å². The van der Waals surface area contributed by atoms with Crippen LogP contribution in [-0.2, 0) is 4.74 Å². The van der Waals surface area contributed by atoms with Crippen LogP contribution in [0.3, 0.4) is 0 Å². The monoisotopic (exact) mass is 293 g/mol. The van der Waals surface area contributed by atoms with Crippen molar-refractivity contribution in [1.29, 1.82) is 0 Å². The lowest BCUT2D eigenvalue weighted by molar-refractivity contribution is 0.131. The van der Waals surface area contributed by atoms with Crippen molar-refractivity contribution in [2.75, 3.05) is 37.1 Å². The second kappa shape index (κ2) is 5.90. The maximum atomic E-state index is 5.68. The zero-order valence-electron chi connectivity index (χ0n) is 11.5. The molecular weight excluding hydrogens is 274 g/mol. The van der Waals surface area contributed by atoms with Crippen molar-refractivity contribution < 1.29 is 4.74 Å². The fourth-order valence-electron chi connectivity index (χ4n) is 2.04. The Balaban J connectivity index is 1.68. The Kier molecular flexibility index (Phi) is 4.00. The fraction of sp³-hybridized carbons (Fsp3) is 0.538. The molecule has 20 heavy (non-hydrogen) atoms. The van der Waals surface area contributed by atoms with E-state index in [9.17, 15) is 0 Å². The molecule has 0 spiro atoms. The van der Waals surface area contributed by atoms with Gasteiger partial charge in [-0.25, -0.2) is 10.8 Å². The van der Waals surface area contributed by atoms with Gasteiger partial charge in [0.1, 0.15) is 10.6 Å². The molecule has 1 aliphatic rings. The lowest BCUT2D eigenvalue weighted by Crippen LogP contribution is -2.25. The molecule has 2 aromatic heterocycles. The number of nitrogen functional groups attached to an aromatic ring is 1. The highest BCUT2D eigenvalue weighted by Crippen LogP contribution is 2.29. The van der Waals surface area contributed by atoms with E-state index in [4.69, 9.17) is 10.6 Å². The van der Waals surface area contributed by atoms with E-state index >= 15 is 0 Å². The number of fused-ring (bicyclic) bond motifs is 1. The molecule has 2 aromatic rings. The van der Waals surface area contributed by atoms with Crippen LogP contribution in [0, 0.1) is 5.92 Å². The summed E-state index contributed by atoms with van der Waals surface area (Å²) >= 11 is 1.58. The Morgan fingerprint density at radius 3 is 3.10 bits per heavy atom. The molecule has 1 fully saturated rings. The summed E-state index contributed by atoms with van der Waals surface area (Å²) in [5.74, 6) is 7.56. The Hall–Kier alpha value is -1.44. The first-order valence-electron chi connectivity index (χ1n) is 6.78. The van der Waals surface area contributed by atoms with Gasteiger partial charge in [0.2, 0.25) is 5.95 Å². The number of thiophene rings is 1. The lowest BCUT2D eigenvalue weighted by atomic mass is 10.3. The van der Waals surface area contributed by atoms with Crippen LogP contribution in [0.2, 0.25) is 0 Å². The van der Waals surface area contributed by atoms with E-state index in [0.717, 1.165) is 35.1 Å². The second-order valence-electron chi connectivity index (χ2n) is 5.09. The van der Waals surface area contributed by atoms with Crippen LogP contribution in [0.1, 0.15) is 12.8 Å². The minimum Gasteiger partial charge on any atom is -0.379 e. The topological polar surface area (TPSA) is 76.3 Å². The number of hydrogen-bond acceptors (Lipinski definition) is 7. The summed E-state index contributed by atoms with van der Waals surface area (Å²) in [4.78, 5) is 11.8. The van der Waals surface area contributed by atoms with E-state index in [1.807, 2.05) is 18.5 Å². The van der Waals surface area contributed by atoms with Gasteiger partial charge in [-0.3, -0.25) is 5.43 Å². The predicted molar refractivity (Wildman–Crippen MR) is 82.0 cm³/mol.